The quantitative estimate of drug-likeness (QED) is 0.869. The van der Waals surface area contributed by atoms with E-state index in [-0.39, 0.29) is 23.8 Å². The van der Waals surface area contributed by atoms with Crippen molar-refractivity contribution < 1.29 is 19.4 Å². The predicted octanol–water partition coefficient (Wildman–Crippen LogP) is 2.84. The number of carboxylic acids is 1. The average Bonchev–Trinajstić information content (AvgIpc) is 2.54. The van der Waals surface area contributed by atoms with Gasteiger partial charge >= 0.3 is 5.97 Å². The van der Waals surface area contributed by atoms with Gasteiger partial charge in [-0.05, 0) is 35.8 Å². The summed E-state index contributed by atoms with van der Waals surface area (Å²) < 4.78 is 5.30. The van der Waals surface area contributed by atoms with Crippen LogP contribution in [0.25, 0.3) is 0 Å². The van der Waals surface area contributed by atoms with Crippen molar-refractivity contribution in [2.45, 2.75) is 39.0 Å². The lowest BCUT2D eigenvalue weighted by Crippen LogP contribution is -2.39. The molecular weight excluding hydrogens is 306 g/mol. The standard InChI is InChI=1S/C19H27NO4/c1-19(2,3)16-7-5-4-6-14(16)17(21)20-12-15(18(22)23)13-8-10-24-11-9-13/h4-7,13,15H,8-12H2,1-3H3,(H,20,21)(H,22,23). The molecule has 0 bridgehead atoms. The summed E-state index contributed by atoms with van der Waals surface area (Å²) in [5.74, 6) is -1.58. The zero-order valence-corrected chi connectivity index (χ0v) is 14.7. The van der Waals surface area contributed by atoms with E-state index in [0.29, 0.717) is 18.8 Å². The summed E-state index contributed by atoms with van der Waals surface area (Å²) in [5.41, 5.74) is 1.42. The molecule has 132 valence electrons. The van der Waals surface area contributed by atoms with Crippen molar-refractivity contribution in [3.63, 3.8) is 0 Å². The first-order chi connectivity index (χ1) is 11.3. The van der Waals surface area contributed by atoms with Gasteiger partial charge in [-0.2, -0.15) is 0 Å². The van der Waals surface area contributed by atoms with Gasteiger partial charge in [0.05, 0.1) is 5.92 Å². The monoisotopic (exact) mass is 333 g/mol. The number of hydrogen-bond acceptors (Lipinski definition) is 3. The summed E-state index contributed by atoms with van der Waals surface area (Å²) >= 11 is 0. The van der Waals surface area contributed by atoms with Gasteiger partial charge in [0, 0.05) is 25.3 Å². The SMILES string of the molecule is CC(C)(C)c1ccccc1C(=O)NCC(C(=O)O)C1CCOCC1. The summed E-state index contributed by atoms with van der Waals surface area (Å²) in [5, 5.41) is 12.3. The lowest BCUT2D eigenvalue weighted by Gasteiger charge is -2.28. The van der Waals surface area contributed by atoms with E-state index in [2.05, 4.69) is 26.1 Å². The molecule has 5 nitrogen and oxygen atoms in total. The molecular formula is C19H27NO4. The van der Waals surface area contributed by atoms with Gasteiger partial charge in [-0.15, -0.1) is 0 Å². The van der Waals surface area contributed by atoms with Crippen LogP contribution in [0.3, 0.4) is 0 Å². The molecule has 1 fully saturated rings. The van der Waals surface area contributed by atoms with Gasteiger partial charge in [-0.3, -0.25) is 9.59 Å². The van der Waals surface area contributed by atoms with Crippen molar-refractivity contribution >= 4 is 11.9 Å². The van der Waals surface area contributed by atoms with Crippen LogP contribution in [0.2, 0.25) is 0 Å². The number of benzene rings is 1. The molecule has 0 aromatic heterocycles. The Bertz CT molecular complexity index is 585. The molecule has 5 heteroatoms. The number of nitrogens with one attached hydrogen (secondary N) is 1. The number of rotatable bonds is 5. The minimum Gasteiger partial charge on any atom is -0.481 e. The van der Waals surface area contributed by atoms with Crippen LogP contribution in [0.5, 0.6) is 0 Å². The van der Waals surface area contributed by atoms with Crippen molar-refractivity contribution in [1.82, 2.24) is 5.32 Å². The van der Waals surface area contributed by atoms with Crippen molar-refractivity contribution in [3.05, 3.63) is 35.4 Å². The summed E-state index contributed by atoms with van der Waals surface area (Å²) in [6, 6.07) is 7.49. The summed E-state index contributed by atoms with van der Waals surface area (Å²) in [6.07, 6.45) is 1.46. The zero-order valence-electron chi connectivity index (χ0n) is 14.7. The second-order valence-corrected chi connectivity index (χ2v) is 7.40. The van der Waals surface area contributed by atoms with Crippen LogP contribution in [0.15, 0.2) is 24.3 Å². The predicted molar refractivity (Wildman–Crippen MR) is 92.1 cm³/mol. The van der Waals surface area contributed by atoms with E-state index >= 15 is 0 Å². The minimum atomic E-state index is -0.855. The van der Waals surface area contributed by atoms with E-state index in [1.165, 1.54) is 0 Å². The van der Waals surface area contributed by atoms with Crippen LogP contribution >= 0.6 is 0 Å². The van der Waals surface area contributed by atoms with Gasteiger partial charge in [0.15, 0.2) is 0 Å². The van der Waals surface area contributed by atoms with E-state index in [1.54, 1.807) is 6.07 Å². The highest BCUT2D eigenvalue weighted by atomic mass is 16.5. The Morgan fingerprint density at radius 2 is 1.88 bits per heavy atom. The van der Waals surface area contributed by atoms with Crippen LogP contribution in [0.1, 0.15) is 49.5 Å². The van der Waals surface area contributed by atoms with Gasteiger partial charge in [0.2, 0.25) is 0 Å². The highest BCUT2D eigenvalue weighted by molar-refractivity contribution is 5.96. The third-order valence-electron chi connectivity index (χ3n) is 4.61. The van der Waals surface area contributed by atoms with E-state index in [1.807, 2.05) is 18.2 Å². The van der Waals surface area contributed by atoms with Crippen LogP contribution in [0, 0.1) is 11.8 Å². The van der Waals surface area contributed by atoms with Crippen LogP contribution in [0.4, 0.5) is 0 Å². The highest BCUT2D eigenvalue weighted by Gasteiger charge is 2.30. The molecule has 1 aromatic carbocycles. The second-order valence-electron chi connectivity index (χ2n) is 7.40. The van der Waals surface area contributed by atoms with Gasteiger partial charge < -0.3 is 15.2 Å². The van der Waals surface area contributed by atoms with E-state index in [9.17, 15) is 14.7 Å². The number of amides is 1. The molecule has 0 saturated carbocycles. The topological polar surface area (TPSA) is 75.6 Å². The third kappa shape index (κ3) is 4.57. The van der Waals surface area contributed by atoms with Gasteiger partial charge in [-0.25, -0.2) is 0 Å². The lowest BCUT2D eigenvalue weighted by atomic mass is 9.83. The Labute approximate surface area is 143 Å². The summed E-state index contributed by atoms with van der Waals surface area (Å²) in [4.78, 5) is 24.2. The number of ether oxygens (including phenoxy) is 1. The molecule has 1 amide bonds. The maximum absolute atomic E-state index is 12.6. The third-order valence-corrected chi connectivity index (χ3v) is 4.61. The molecule has 1 heterocycles. The first kappa shape index (κ1) is 18.5. The highest BCUT2D eigenvalue weighted by Crippen LogP contribution is 2.26. The number of carbonyl (C=O) groups excluding carboxylic acids is 1. The first-order valence-corrected chi connectivity index (χ1v) is 8.49. The average molecular weight is 333 g/mol. The normalized spacial score (nSPS) is 17.3. The number of carboxylic acid groups (broad SMARTS) is 1. The number of hydrogen-bond donors (Lipinski definition) is 2. The smallest absolute Gasteiger partial charge is 0.308 e. The summed E-state index contributed by atoms with van der Waals surface area (Å²) in [7, 11) is 0. The molecule has 24 heavy (non-hydrogen) atoms. The number of carbonyl (C=O) groups is 2. The fraction of sp³-hybridized carbons (Fsp3) is 0.579. The van der Waals surface area contributed by atoms with Gasteiger partial charge in [0.1, 0.15) is 0 Å². The van der Waals surface area contributed by atoms with Crippen molar-refractivity contribution in [3.8, 4) is 0 Å². The van der Waals surface area contributed by atoms with Crippen molar-refractivity contribution in [2.24, 2.45) is 11.8 Å². The maximum atomic E-state index is 12.6. The second kappa shape index (κ2) is 7.79. The maximum Gasteiger partial charge on any atom is 0.308 e. The Hall–Kier alpha value is -1.88. The van der Waals surface area contributed by atoms with Crippen LogP contribution < -0.4 is 5.32 Å². The van der Waals surface area contributed by atoms with Crippen molar-refractivity contribution in [1.29, 1.82) is 0 Å². The van der Waals surface area contributed by atoms with Crippen molar-refractivity contribution in [2.75, 3.05) is 19.8 Å². The fourth-order valence-electron chi connectivity index (χ4n) is 3.21. The van der Waals surface area contributed by atoms with Crippen LogP contribution in [-0.4, -0.2) is 36.7 Å². The molecule has 1 unspecified atom stereocenters. The molecule has 2 rings (SSSR count). The first-order valence-electron chi connectivity index (χ1n) is 8.49. The van der Waals surface area contributed by atoms with Gasteiger partial charge in [-0.1, -0.05) is 39.0 Å². The molecule has 1 saturated heterocycles. The molecule has 1 atom stereocenters. The molecule has 2 N–H and O–H groups in total. The summed E-state index contributed by atoms with van der Waals surface area (Å²) in [6.45, 7) is 7.51. The Balaban J connectivity index is 2.07. The molecule has 1 aliphatic rings. The minimum absolute atomic E-state index is 0.0504. The largest absolute Gasteiger partial charge is 0.481 e. The lowest BCUT2D eigenvalue weighted by molar-refractivity contribution is -0.144. The molecule has 0 radical (unpaired) electrons. The van der Waals surface area contributed by atoms with E-state index < -0.39 is 11.9 Å². The zero-order chi connectivity index (χ0) is 17.7. The van der Waals surface area contributed by atoms with Crippen LogP contribution in [-0.2, 0) is 14.9 Å². The Kier molecular flexibility index (Phi) is 5.99. The number of aliphatic carboxylic acids is 1. The fourth-order valence-corrected chi connectivity index (χ4v) is 3.21. The Morgan fingerprint density at radius 3 is 2.46 bits per heavy atom. The Morgan fingerprint density at radius 1 is 1.25 bits per heavy atom. The molecule has 0 spiro atoms. The molecule has 0 aliphatic carbocycles. The van der Waals surface area contributed by atoms with Gasteiger partial charge in [0.25, 0.3) is 5.91 Å². The van der Waals surface area contributed by atoms with E-state index in [0.717, 1.165) is 18.4 Å². The molecule has 1 aromatic rings. The molecule has 1 aliphatic heterocycles. The van der Waals surface area contributed by atoms with E-state index in [4.69, 9.17) is 4.74 Å².